The Morgan fingerprint density at radius 2 is 1.68 bits per heavy atom. The van der Waals surface area contributed by atoms with Gasteiger partial charge in [0.25, 0.3) is 5.91 Å². The number of ether oxygens (including phenoxy) is 3. The molecular formula is C25H31N3O6. The summed E-state index contributed by atoms with van der Waals surface area (Å²) in [7, 11) is 0. The number of nitrogens with zero attached hydrogens (tertiary/aromatic N) is 3. The van der Waals surface area contributed by atoms with Gasteiger partial charge in [-0.3, -0.25) is 19.3 Å². The summed E-state index contributed by atoms with van der Waals surface area (Å²) in [5.74, 6) is -0.556. The normalized spacial score (nSPS) is 29.4. The van der Waals surface area contributed by atoms with Crippen molar-refractivity contribution < 1.29 is 28.6 Å². The third kappa shape index (κ3) is 3.79. The highest BCUT2D eigenvalue weighted by molar-refractivity contribution is 6.04. The second-order valence-corrected chi connectivity index (χ2v) is 9.93. The Balaban J connectivity index is 1.13. The molecule has 3 saturated heterocycles. The van der Waals surface area contributed by atoms with Gasteiger partial charge in [-0.2, -0.15) is 5.01 Å². The van der Waals surface area contributed by atoms with Crippen molar-refractivity contribution in [1.29, 1.82) is 0 Å². The first-order valence-corrected chi connectivity index (χ1v) is 12.5. The van der Waals surface area contributed by atoms with Gasteiger partial charge in [0.1, 0.15) is 11.9 Å². The van der Waals surface area contributed by atoms with Gasteiger partial charge < -0.3 is 14.2 Å². The average molecular weight is 470 g/mol. The first kappa shape index (κ1) is 22.0. The number of fused-ring (bicyclic) bond motifs is 1. The molecule has 4 heterocycles. The van der Waals surface area contributed by atoms with Crippen molar-refractivity contribution in [2.24, 2.45) is 0 Å². The first-order chi connectivity index (χ1) is 16.5. The Hall–Kier alpha value is -2.49. The van der Waals surface area contributed by atoms with Crippen molar-refractivity contribution in [3.8, 4) is 5.75 Å². The number of carbonyl (C=O) groups excluding carboxylic acids is 3. The van der Waals surface area contributed by atoms with E-state index in [0.29, 0.717) is 44.1 Å². The fourth-order valence-corrected chi connectivity index (χ4v) is 6.15. The summed E-state index contributed by atoms with van der Waals surface area (Å²) in [5, 5.41) is 2.33. The van der Waals surface area contributed by atoms with Gasteiger partial charge in [-0.1, -0.05) is 0 Å². The van der Waals surface area contributed by atoms with Crippen LogP contribution in [-0.4, -0.2) is 76.9 Å². The number of hydrogen-bond donors (Lipinski definition) is 0. The summed E-state index contributed by atoms with van der Waals surface area (Å²) < 4.78 is 18.2. The Labute approximate surface area is 198 Å². The molecule has 1 aromatic carbocycles. The SMILES string of the molecule is O=C1c2ccc(O[C@H]3CCC[C@@H]3N3CCC4(CC3)OCCO4)cc2CN1N1C(=O)CCCC1=O. The molecule has 182 valence electrons. The zero-order chi connectivity index (χ0) is 23.3. The van der Waals surface area contributed by atoms with Crippen LogP contribution in [0.15, 0.2) is 18.2 Å². The third-order valence-electron chi connectivity index (χ3n) is 7.90. The standard InChI is InChI=1S/C25H31N3O6/c29-22-5-2-6-23(30)28(22)27-16-17-15-18(7-8-19(17)24(27)31)34-21-4-1-3-20(21)26-11-9-25(10-12-26)32-13-14-33-25/h7-8,15,20-21H,1-6,9-14,16H2/t20-,21-/m0/s1. The summed E-state index contributed by atoms with van der Waals surface area (Å²) in [6.07, 6.45) is 6.23. The van der Waals surface area contributed by atoms with Gasteiger partial charge in [-0.15, -0.1) is 0 Å². The molecule has 5 aliphatic rings. The fourth-order valence-electron chi connectivity index (χ4n) is 6.15. The van der Waals surface area contributed by atoms with E-state index < -0.39 is 0 Å². The summed E-state index contributed by atoms with van der Waals surface area (Å²) in [4.78, 5) is 40.1. The number of carbonyl (C=O) groups is 3. The molecule has 0 radical (unpaired) electrons. The Morgan fingerprint density at radius 1 is 0.941 bits per heavy atom. The van der Waals surface area contributed by atoms with E-state index in [1.807, 2.05) is 12.1 Å². The minimum Gasteiger partial charge on any atom is -0.489 e. The van der Waals surface area contributed by atoms with E-state index in [1.54, 1.807) is 6.07 Å². The van der Waals surface area contributed by atoms with Gasteiger partial charge in [0.15, 0.2) is 5.79 Å². The third-order valence-corrected chi connectivity index (χ3v) is 7.90. The number of amides is 3. The van der Waals surface area contributed by atoms with Gasteiger partial charge in [-0.05, 0) is 49.4 Å². The van der Waals surface area contributed by atoms with Crippen LogP contribution in [0.5, 0.6) is 5.75 Å². The number of rotatable bonds is 4. The summed E-state index contributed by atoms with van der Waals surface area (Å²) >= 11 is 0. The summed E-state index contributed by atoms with van der Waals surface area (Å²) in [5.41, 5.74) is 1.32. The lowest BCUT2D eigenvalue weighted by molar-refractivity contribution is -0.189. The molecule has 0 bridgehead atoms. The fraction of sp³-hybridized carbons (Fsp3) is 0.640. The number of likely N-dealkylation sites (tertiary alicyclic amines) is 1. The van der Waals surface area contributed by atoms with E-state index in [9.17, 15) is 14.4 Å². The molecule has 4 aliphatic heterocycles. The van der Waals surface area contributed by atoms with E-state index in [1.165, 1.54) is 5.01 Å². The maximum absolute atomic E-state index is 12.9. The molecule has 1 saturated carbocycles. The van der Waals surface area contributed by atoms with Crippen molar-refractivity contribution >= 4 is 17.7 Å². The van der Waals surface area contributed by atoms with Gasteiger partial charge >= 0.3 is 0 Å². The van der Waals surface area contributed by atoms with Crippen LogP contribution in [0.2, 0.25) is 0 Å². The van der Waals surface area contributed by atoms with Gasteiger partial charge in [0.2, 0.25) is 11.8 Å². The minimum atomic E-state index is -0.374. The van der Waals surface area contributed by atoms with Gasteiger partial charge in [0.05, 0.1) is 19.8 Å². The molecule has 1 aliphatic carbocycles. The highest BCUT2D eigenvalue weighted by Gasteiger charge is 2.44. The van der Waals surface area contributed by atoms with Crippen LogP contribution in [-0.2, 0) is 25.6 Å². The van der Waals surface area contributed by atoms with Crippen LogP contribution >= 0.6 is 0 Å². The first-order valence-electron chi connectivity index (χ1n) is 12.5. The van der Waals surface area contributed by atoms with Crippen molar-refractivity contribution in [3.05, 3.63) is 29.3 Å². The molecule has 9 heteroatoms. The van der Waals surface area contributed by atoms with Crippen LogP contribution in [0.1, 0.15) is 67.3 Å². The molecule has 0 unspecified atom stereocenters. The van der Waals surface area contributed by atoms with Gasteiger partial charge in [-0.25, -0.2) is 5.01 Å². The lowest BCUT2D eigenvalue weighted by atomic mass is 10.0. The number of benzene rings is 1. The summed E-state index contributed by atoms with van der Waals surface area (Å²) in [6, 6.07) is 5.84. The number of hydrogen-bond acceptors (Lipinski definition) is 7. The predicted octanol–water partition coefficient (Wildman–Crippen LogP) is 2.24. The molecule has 6 rings (SSSR count). The smallest absolute Gasteiger partial charge is 0.273 e. The Kier molecular flexibility index (Phi) is 5.58. The lowest BCUT2D eigenvalue weighted by Crippen LogP contribution is -2.51. The zero-order valence-electron chi connectivity index (χ0n) is 19.4. The molecule has 0 N–H and O–H groups in total. The number of hydrazine groups is 1. The molecule has 1 aromatic rings. The van der Waals surface area contributed by atoms with E-state index in [2.05, 4.69) is 4.90 Å². The van der Waals surface area contributed by atoms with Crippen LogP contribution < -0.4 is 4.74 Å². The predicted molar refractivity (Wildman–Crippen MR) is 120 cm³/mol. The maximum Gasteiger partial charge on any atom is 0.273 e. The molecule has 0 aromatic heterocycles. The van der Waals surface area contributed by atoms with Crippen LogP contribution in [0.4, 0.5) is 0 Å². The second-order valence-electron chi connectivity index (χ2n) is 9.93. The number of piperidine rings is 2. The molecule has 1 spiro atoms. The second kappa shape index (κ2) is 8.62. The minimum absolute atomic E-state index is 0.0935. The van der Waals surface area contributed by atoms with Crippen LogP contribution in [0, 0.1) is 0 Å². The van der Waals surface area contributed by atoms with Crippen molar-refractivity contribution in [3.63, 3.8) is 0 Å². The zero-order valence-corrected chi connectivity index (χ0v) is 19.4. The van der Waals surface area contributed by atoms with E-state index in [-0.39, 0.29) is 36.2 Å². The van der Waals surface area contributed by atoms with Crippen LogP contribution in [0.25, 0.3) is 0 Å². The highest BCUT2D eigenvalue weighted by atomic mass is 16.7. The molecule has 34 heavy (non-hydrogen) atoms. The average Bonchev–Trinajstić information content (AvgIpc) is 3.55. The molecule has 3 amide bonds. The van der Waals surface area contributed by atoms with E-state index in [4.69, 9.17) is 14.2 Å². The van der Waals surface area contributed by atoms with Crippen molar-refractivity contribution in [2.45, 2.75) is 75.8 Å². The van der Waals surface area contributed by atoms with Gasteiger partial charge in [0, 0.05) is 50.4 Å². The Bertz CT molecular complexity index is 980. The molecule has 2 atom stereocenters. The largest absolute Gasteiger partial charge is 0.489 e. The van der Waals surface area contributed by atoms with Crippen LogP contribution in [0.3, 0.4) is 0 Å². The van der Waals surface area contributed by atoms with Crippen molar-refractivity contribution in [2.75, 3.05) is 26.3 Å². The Morgan fingerprint density at radius 3 is 2.41 bits per heavy atom. The highest BCUT2D eigenvalue weighted by Crippen LogP contribution is 2.37. The monoisotopic (exact) mass is 469 g/mol. The molecule has 4 fully saturated rings. The maximum atomic E-state index is 12.9. The quantitative estimate of drug-likeness (QED) is 0.625. The number of imide groups is 1. The molecule has 9 nitrogen and oxygen atoms in total. The van der Waals surface area contributed by atoms with E-state index in [0.717, 1.165) is 61.5 Å². The molecular weight excluding hydrogens is 438 g/mol. The summed E-state index contributed by atoms with van der Waals surface area (Å²) in [6.45, 7) is 3.47. The van der Waals surface area contributed by atoms with Crippen molar-refractivity contribution in [1.82, 2.24) is 14.9 Å². The van der Waals surface area contributed by atoms with E-state index >= 15 is 0 Å². The topological polar surface area (TPSA) is 88.6 Å². The lowest BCUT2D eigenvalue weighted by Gasteiger charge is -2.41.